The van der Waals surface area contributed by atoms with Crippen LogP contribution in [0.3, 0.4) is 0 Å². The molecule has 0 spiro atoms. The number of carbonyl (C=O) groups is 2. The van der Waals surface area contributed by atoms with Gasteiger partial charge in [0.25, 0.3) is 0 Å². The molecule has 5 nitrogen and oxygen atoms in total. The lowest BCUT2D eigenvalue weighted by molar-refractivity contribution is -0.144. The van der Waals surface area contributed by atoms with Crippen molar-refractivity contribution in [1.82, 2.24) is 10.2 Å². The van der Waals surface area contributed by atoms with Crippen LogP contribution >= 0.6 is 0 Å². The second-order valence-corrected chi connectivity index (χ2v) is 6.69. The van der Waals surface area contributed by atoms with Gasteiger partial charge in [0.05, 0.1) is 17.9 Å². The Hall–Kier alpha value is -1.10. The Morgan fingerprint density at radius 3 is 2.85 bits per heavy atom. The van der Waals surface area contributed by atoms with Crippen molar-refractivity contribution in [2.45, 2.75) is 51.1 Å². The van der Waals surface area contributed by atoms with Crippen molar-refractivity contribution in [3.63, 3.8) is 0 Å². The van der Waals surface area contributed by atoms with Crippen LogP contribution in [0.2, 0.25) is 0 Å². The molecule has 2 aliphatic heterocycles. The standard InChI is InChI=1S/C15H25N3O2/c1-9-4-2-6-11(16)13(9)15(20)18-7-3-5-10-12(18)8-17-14(10)19/h9-13H,2-8,16H2,1H3,(H,17,19). The summed E-state index contributed by atoms with van der Waals surface area (Å²) < 4.78 is 0. The van der Waals surface area contributed by atoms with E-state index in [1.165, 1.54) is 0 Å². The van der Waals surface area contributed by atoms with Gasteiger partial charge in [-0.25, -0.2) is 0 Å². The fourth-order valence-corrected chi connectivity index (χ4v) is 4.30. The van der Waals surface area contributed by atoms with Crippen LogP contribution in [0.5, 0.6) is 0 Å². The van der Waals surface area contributed by atoms with Crippen LogP contribution in [0.4, 0.5) is 0 Å². The van der Waals surface area contributed by atoms with Gasteiger partial charge in [-0.2, -0.15) is 0 Å². The van der Waals surface area contributed by atoms with E-state index in [0.29, 0.717) is 12.5 Å². The predicted molar refractivity (Wildman–Crippen MR) is 75.7 cm³/mol. The molecule has 2 amide bonds. The first-order valence-corrected chi connectivity index (χ1v) is 7.93. The Labute approximate surface area is 120 Å². The molecule has 3 rings (SSSR count). The summed E-state index contributed by atoms with van der Waals surface area (Å²) in [6.07, 6.45) is 4.99. The van der Waals surface area contributed by atoms with Gasteiger partial charge in [0.1, 0.15) is 0 Å². The van der Waals surface area contributed by atoms with Gasteiger partial charge in [-0.1, -0.05) is 13.3 Å². The highest BCUT2D eigenvalue weighted by atomic mass is 16.2. The topological polar surface area (TPSA) is 75.4 Å². The van der Waals surface area contributed by atoms with E-state index in [0.717, 1.165) is 38.6 Å². The Bertz CT molecular complexity index is 402. The summed E-state index contributed by atoms with van der Waals surface area (Å²) in [5.74, 6) is 0.613. The fourth-order valence-electron chi connectivity index (χ4n) is 4.30. The zero-order chi connectivity index (χ0) is 14.3. The minimum atomic E-state index is -0.0572. The second-order valence-electron chi connectivity index (χ2n) is 6.69. The molecule has 20 heavy (non-hydrogen) atoms. The number of rotatable bonds is 1. The van der Waals surface area contributed by atoms with Gasteiger partial charge < -0.3 is 16.0 Å². The van der Waals surface area contributed by atoms with E-state index in [1.807, 2.05) is 4.90 Å². The van der Waals surface area contributed by atoms with Crippen LogP contribution in [0.15, 0.2) is 0 Å². The van der Waals surface area contributed by atoms with Crippen LogP contribution in [0, 0.1) is 17.8 Å². The average molecular weight is 279 g/mol. The van der Waals surface area contributed by atoms with Crippen molar-refractivity contribution in [3.8, 4) is 0 Å². The SMILES string of the molecule is CC1CCCC(N)C1C(=O)N1CCCC2C(=O)NCC21. The highest BCUT2D eigenvalue weighted by Crippen LogP contribution is 2.34. The first kappa shape index (κ1) is 13.9. The summed E-state index contributed by atoms with van der Waals surface area (Å²) >= 11 is 0. The molecule has 2 saturated heterocycles. The third kappa shape index (κ3) is 2.22. The Balaban J connectivity index is 1.77. The van der Waals surface area contributed by atoms with E-state index >= 15 is 0 Å². The molecule has 0 aromatic heterocycles. The summed E-state index contributed by atoms with van der Waals surface area (Å²) in [5, 5.41) is 2.91. The molecule has 5 heteroatoms. The van der Waals surface area contributed by atoms with Crippen molar-refractivity contribution >= 4 is 11.8 Å². The monoisotopic (exact) mass is 279 g/mol. The summed E-state index contributed by atoms with van der Waals surface area (Å²) in [7, 11) is 0. The van der Waals surface area contributed by atoms with Crippen molar-refractivity contribution in [1.29, 1.82) is 0 Å². The lowest BCUT2D eigenvalue weighted by Crippen LogP contribution is -2.55. The molecular formula is C15H25N3O2. The summed E-state index contributed by atoms with van der Waals surface area (Å²) in [6.45, 7) is 3.54. The first-order valence-electron chi connectivity index (χ1n) is 7.93. The number of fused-ring (bicyclic) bond motifs is 1. The first-order chi connectivity index (χ1) is 9.59. The second kappa shape index (κ2) is 5.35. The van der Waals surface area contributed by atoms with Crippen molar-refractivity contribution in [2.75, 3.05) is 13.1 Å². The molecule has 3 N–H and O–H groups in total. The number of amides is 2. The van der Waals surface area contributed by atoms with Gasteiger partial charge >= 0.3 is 0 Å². The number of nitrogens with zero attached hydrogens (tertiary/aromatic N) is 1. The van der Waals surface area contributed by atoms with Gasteiger partial charge in [-0.3, -0.25) is 9.59 Å². The van der Waals surface area contributed by atoms with Crippen LogP contribution in [-0.4, -0.2) is 41.9 Å². The molecule has 1 saturated carbocycles. The van der Waals surface area contributed by atoms with E-state index < -0.39 is 0 Å². The molecule has 0 aromatic carbocycles. The normalized spacial score (nSPS) is 41.2. The van der Waals surface area contributed by atoms with Gasteiger partial charge in [0.15, 0.2) is 0 Å². The minimum absolute atomic E-state index is 0.00261. The number of piperidine rings is 1. The van der Waals surface area contributed by atoms with Crippen LogP contribution in [0.1, 0.15) is 39.0 Å². The van der Waals surface area contributed by atoms with Crippen LogP contribution in [0.25, 0.3) is 0 Å². The smallest absolute Gasteiger partial charge is 0.227 e. The summed E-state index contributed by atoms with van der Waals surface area (Å²) in [6, 6.07) is 0.0433. The van der Waals surface area contributed by atoms with Crippen molar-refractivity contribution < 1.29 is 9.59 Å². The summed E-state index contributed by atoms with van der Waals surface area (Å²) in [5.41, 5.74) is 6.21. The molecular weight excluding hydrogens is 254 g/mol. The molecule has 3 fully saturated rings. The van der Waals surface area contributed by atoms with Crippen LogP contribution < -0.4 is 11.1 Å². The molecule has 0 radical (unpaired) electrons. The largest absolute Gasteiger partial charge is 0.354 e. The average Bonchev–Trinajstić information content (AvgIpc) is 2.80. The van der Waals surface area contributed by atoms with Crippen LogP contribution in [-0.2, 0) is 9.59 Å². The Morgan fingerprint density at radius 2 is 2.10 bits per heavy atom. The van der Waals surface area contributed by atoms with E-state index in [4.69, 9.17) is 5.73 Å². The zero-order valence-corrected chi connectivity index (χ0v) is 12.2. The number of hydrogen-bond donors (Lipinski definition) is 2. The van der Waals surface area contributed by atoms with Gasteiger partial charge in [0, 0.05) is 19.1 Å². The molecule has 112 valence electrons. The molecule has 2 heterocycles. The predicted octanol–water partition coefficient (Wildman–Crippen LogP) is 0.487. The Kier molecular flexibility index (Phi) is 3.71. The number of nitrogens with one attached hydrogen (secondary N) is 1. The number of hydrogen-bond acceptors (Lipinski definition) is 3. The zero-order valence-electron chi connectivity index (χ0n) is 12.2. The number of carbonyl (C=O) groups excluding carboxylic acids is 2. The number of likely N-dealkylation sites (tertiary alicyclic amines) is 1. The maximum Gasteiger partial charge on any atom is 0.227 e. The van der Waals surface area contributed by atoms with E-state index in [9.17, 15) is 9.59 Å². The lowest BCUT2D eigenvalue weighted by Gasteiger charge is -2.42. The maximum atomic E-state index is 12.9. The molecule has 5 atom stereocenters. The molecule has 0 aromatic rings. The highest BCUT2D eigenvalue weighted by molar-refractivity contribution is 5.85. The number of nitrogens with two attached hydrogens (primary N) is 1. The van der Waals surface area contributed by atoms with E-state index in [-0.39, 0.29) is 35.7 Å². The lowest BCUT2D eigenvalue weighted by atomic mass is 9.75. The highest BCUT2D eigenvalue weighted by Gasteiger charge is 2.46. The molecule has 5 unspecified atom stereocenters. The quantitative estimate of drug-likeness (QED) is 0.733. The molecule has 1 aliphatic carbocycles. The van der Waals surface area contributed by atoms with Gasteiger partial charge in [0.2, 0.25) is 11.8 Å². The molecule has 3 aliphatic rings. The fraction of sp³-hybridized carbons (Fsp3) is 0.867. The van der Waals surface area contributed by atoms with Crippen molar-refractivity contribution in [3.05, 3.63) is 0 Å². The molecule has 0 bridgehead atoms. The summed E-state index contributed by atoms with van der Waals surface area (Å²) in [4.78, 5) is 26.7. The Morgan fingerprint density at radius 1 is 1.30 bits per heavy atom. The van der Waals surface area contributed by atoms with Gasteiger partial charge in [-0.05, 0) is 31.6 Å². The van der Waals surface area contributed by atoms with E-state index in [2.05, 4.69) is 12.2 Å². The third-order valence-electron chi connectivity index (χ3n) is 5.44. The van der Waals surface area contributed by atoms with Crippen molar-refractivity contribution in [2.24, 2.45) is 23.5 Å². The maximum absolute atomic E-state index is 12.9. The van der Waals surface area contributed by atoms with E-state index in [1.54, 1.807) is 0 Å². The van der Waals surface area contributed by atoms with Gasteiger partial charge in [-0.15, -0.1) is 0 Å². The third-order valence-corrected chi connectivity index (χ3v) is 5.44. The minimum Gasteiger partial charge on any atom is -0.354 e.